The summed E-state index contributed by atoms with van der Waals surface area (Å²) in [4.78, 5) is 62.1. The van der Waals surface area contributed by atoms with E-state index in [2.05, 4.69) is 4.90 Å². The van der Waals surface area contributed by atoms with E-state index in [1.807, 2.05) is 30.3 Å². The third kappa shape index (κ3) is 2.57. The highest BCUT2D eigenvalue weighted by Gasteiger charge is 2.73. The molecular weight excluding hydrogens is 510 g/mol. The molecule has 10 heteroatoms. The summed E-state index contributed by atoms with van der Waals surface area (Å²) < 4.78 is 1.63. The number of anilines is 1. The molecule has 4 aliphatic heterocycles. The van der Waals surface area contributed by atoms with Gasteiger partial charge in [-0.1, -0.05) is 30.3 Å². The van der Waals surface area contributed by atoms with Gasteiger partial charge in [-0.3, -0.25) is 34.0 Å². The van der Waals surface area contributed by atoms with Crippen LogP contribution in [0.3, 0.4) is 0 Å². The van der Waals surface area contributed by atoms with Crippen molar-refractivity contribution < 1.29 is 14.5 Å². The van der Waals surface area contributed by atoms with Crippen LogP contribution in [0, 0.1) is 28.9 Å². The fraction of sp³-hybridized carbons (Fsp3) is 0.267. The van der Waals surface area contributed by atoms with E-state index >= 15 is 0 Å². The molecule has 4 atom stereocenters. The molecule has 0 radical (unpaired) electrons. The van der Waals surface area contributed by atoms with Crippen molar-refractivity contribution in [3.63, 3.8) is 0 Å². The first-order valence-corrected chi connectivity index (χ1v) is 13.4. The Morgan fingerprint density at radius 1 is 0.975 bits per heavy atom. The van der Waals surface area contributed by atoms with Crippen LogP contribution >= 0.6 is 0 Å². The van der Waals surface area contributed by atoms with Crippen molar-refractivity contribution in [3.05, 3.63) is 104 Å². The molecule has 10 nitrogen and oxygen atoms in total. The number of hydrogen-bond donors (Lipinski definition) is 0. The average Bonchev–Trinajstić information content (AvgIpc) is 3.66. The molecule has 3 fully saturated rings. The number of benzene rings is 3. The molecule has 1 spiro atoms. The Kier molecular flexibility index (Phi) is 4.47. The SMILES string of the molecule is Cc1cc([N+](=O)[O-])ccc1N1C(=O)[C@H]2C3CCCN3C3(c4ccccc4-n4c3nc3ccccc3c4=O)[C@H]2C1=O. The predicted octanol–water partition coefficient (Wildman–Crippen LogP) is 3.44. The summed E-state index contributed by atoms with van der Waals surface area (Å²) in [5.41, 5.74) is 1.45. The number of carbonyl (C=O) groups excluding carboxylic acids is 2. The number of nitro groups is 1. The van der Waals surface area contributed by atoms with Gasteiger partial charge >= 0.3 is 0 Å². The minimum atomic E-state index is -1.10. The van der Waals surface area contributed by atoms with Gasteiger partial charge in [0, 0.05) is 23.7 Å². The van der Waals surface area contributed by atoms with Crippen molar-refractivity contribution >= 4 is 34.1 Å². The van der Waals surface area contributed by atoms with Crippen LogP contribution in [0.15, 0.2) is 71.5 Å². The highest BCUT2D eigenvalue weighted by atomic mass is 16.6. The van der Waals surface area contributed by atoms with Gasteiger partial charge in [0.15, 0.2) is 0 Å². The molecule has 2 amide bonds. The Hall–Kier alpha value is -4.70. The number of non-ortho nitro benzene ring substituents is 1. The molecule has 1 aromatic heterocycles. The van der Waals surface area contributed by atoms with Gasteiger partial charge in [-0.2, -0.15) is 0 Å². The first-order valence-electron chi connectivity index (χ1n) is 13.4. The number of amides is 2. The number of hydrogen-bond acceptors (Lipinski definition) is 7. The summed E-state index contributed by atoms with van der Waals surface area (Å²) in [5.74, 6) is -1.64. The molecule has 40 heavy (non-hydrogen) atoms. The fourth-order valence-corrected chi connectivity index (χ4v) is 7.86. The highest BCUT2D eigenvalue weighted by Crippen LogP contribution is 2.62. The molecule has 3 saturated heterocycles. The van der Waals surface area contributed by atoms with Gasteiger partial charge in [-0.05, 0) is 56.1 Å². The quantitative estimate of drug-likeness (QED) is 0.220. The van der Waals surface area contributed by atoms with E-state index in [9.17, 15) is 24.5 Å². The second-order valence-corrected chi connectivity index (χ2v) is 11.0. The van der Waals surface area contributed by atoms with E-state index in [4.69, 9.17) is 4.98 Å². The van der Waals surface area contributed by atoms with Crippen LogP contribution in [0.5, 0.6) is 0 Å². The number of carbonyl (C=O) groups is 2. The van der Waals surface area contributed by atoms with Crippen molar-refractivity contribution in [3.8, 4) is 5.69 Å². The second-order valence-electron chi connectivity index (χ2n) is 11.0. The number of rotatable bonds is 2. The molecule has 0 saturated carbocycles. The lowest BCUT2D eigenvalue weighted by Gasteiger charge is -2.38. The third-order valence-corrected chi connectivity index (χ3v) is 9.27. The lowest BCUT2D eigenvalue weighted by Crippen LogP contribution is -2.51. The minimum absolute atomic E-state index is 0.104. The van der Waals surface area contributed by atoms with Crippen molar-refractivity contribution in [1.82, 2.24) is 14.5 Å². The van der Waals surface area contributed by atoms with Crippen molar-refractivity contribution in [1.29, 1.82) is 0 Å². The summed E-state index contributed by atoms with van der Waals surface area (Å²) in [7, 11) is 0. The number of nitro benzene ring substituents is 1. The molecule has 2 unspecified atom stereocenters. The minimum Gasteiger partial charge on any atom is -0.283 e. The van der Waals surface area contributed by atoms with E-state index in [1.54, 1.807) is 29.7 Å². The largest absolute Gasteiger partial charge is 0.283 e. The number of nitrogens with zero attached hydrogens (tertiary/aromatic N) is 5. The summed E-state index contributed by atoms with van der Waals surface area (Å²) in [6, 6.07) is 18.8. The Morgan fingerprint density at radius 3 is 2.55 bits per heavy atom. The van der Waals surface area contributed by atoms with E-state index < -0.39 is 22.3 Å². The number of fused-ring (bicyclic) bond motifs is 11. The molecule has 0 bridgehead atoms. The highest BCUT2D eigenvalue weighted by molar-refractivity contribution is 6.23. The predicted molar refractivity (Wildman–Crippen MR) is 145 cm³/mol. The lowest BCUT2D eigenvalue weighted by molar-refractivity contribution is -0.384. The van der Waals surface area contributed by atoms with Crippen molar-refractivity contribution in [2.24, 2.45) is 11.8 Å². The molecular formula is C30H23N5O5. The van der Waals surface area contributed by atoms with Crippen LogP contribution in [-0.2, 0) is 15.1 Å². The van der Waals surface area contributed by atoms with Crippen molar-refractivity contribution in [2.45, 2.75) is 31.3 Å². The second kappa shape index (κ2) is 7.70. The zero-order valence-electron chi connectivity index (χ0n) is 21.5. The van der Waals surface area contributed by atoms with Gasteiger partial charge in [0.2, 0.25) is 11.8 Å². The van der Waals surface area contributed by atoms with Gasteiger partial charge in [-0.15, -0.1) is 0 Å². The van der Waals surface area contributed by atoms with Crippen LogP contribution in [0.2, 0.25) is 0 Å². The van der Waals surface area contributed by atoms with Crippen molar-refractivity contribution in [2.75, 3.05) is 11.4 Å². The van der Waals surface area contributed by atoms with Gasteiger partial charge in [0.25, 0.3) is 11.2 Å². The van der Waals surface area contributed by atoms with Crippen LogP contribution < -0.4 is 10.5 Å². The summed E-state index contributed by atoms with van der Waals surface area (Å²) >= 11 is 0. The Labute approximate surface area is 227 Å². The first kappa shape index (κ1) is 23.2. The molecule has 4 aliphatic rings. The summed E-state index contributed by atoms with van der Waals surface area (Å²) in [5, 5.41) is 11.8. The van der Waals surface area contributed by atoms with Gasteiger partial charge in [-0.25, -0.2) is 9.88 Å². The molecule has 0 aliphatic carbocycles. The first-order chi connectivity index (χ1) is 19.4. The fourth-order valence-electron chi connectivity index (χ4n) is 7.86. The maximum Gasteiger partial charge on any atom is 0.269 e. The number of aromatic nitrogens is 2. The van der Waals surface area contributed by atoms with Crippen LogP contribution in [0.1, 0.15) is 29.8 Å². The van der Waals surface area contributed by atoms with E-state index in [0.29, 0.717) is 40.2 Å². The van der Waals surface area contributed by atoms with Crippen LogP contribution in [0.25, 0.3) is 16.6 Å². The molecule has 198 valence electrons. The average molecular weight is 534 g/mol. The zero-order chi connectivity index (χ0) is 27.5. The van der Waals surface area contributed by atoms with E-state index in [1.165, 1.54) is 23.1 Å². The lowest BCUT2D eigenvalue weighted by atomic mass is 9.75. The number of aryl methyl sites for hydroxylation is 1. The standard InChI is InChI=1S/C30H23N5O5/c1-16-15-17(35(39)40)12-13-21(16)33-27(37)24-23-11-6-14-32(23)30(25(24)28(33)38)19-8-3-5-10-22(19)34-26(36)18-7-2-4-9-20(18)31-29(30)34/h2-5,7-10,12-13,15,23-25H,6,11,14H2,1H3/t23?,24-,25+,30?/m0/s1. The normalized spacial score (nSPS) is 26.4. The summed E-state index contributed by atoms with van der Waals surface area (Å²) in [6.45, 7) is 2.34. The van der Waals surface area contributed by atoms with E-state index in [0.717, 1.165) is 18.4 Å². The van der Waals surface area contributed by atoms with Crippen LogP contribution in [-0.4, -0.2) is 43.8 Å². The third-order valence-electron chi connectivity index (χ3n) is 9.27. The topological polar surface area (TPSA) is 119 Å². The molecule has 5 heterocycles. The number of imide groups is 1. The molecule has 3 aromatic carbocycles. The maximum atomic E-state index is 14.6. The zero-order valence-corrected chi connectivity index (χ0v) is 21.5. The molecule has 0 N–H and O–H groups in total. The van der Waals surface area contributed by atoms with Gasteiger partial charge in [0.05, 0.1) is 39.0 Å². The number of para-hydroxylation sites is 2. The Balaban J connectivity index is 1.41. The van der Waals surface area contributed by atoms with Crippen LogP contribution in [0.4, 0.5) is 11.4 Å². The Bertz CT molecular complexity index is 1900. The van der Waals surface area contributed by atoms with Gasteiger partial charge < -0.3 is 0 Å². The maximum absolute atomic E-state index is 14.6. The summed E-state index contributed by atoms with van der Waals surface area (Å²) in [6.07, 6.45) is 1.60. The van der Waals surface area contributed by atoms with E-state index in [-0.39, 0.29) is 29.1 Å². The van der Waals surface area contributed by atoms with Gasteiger partial charge in [0.1, 0.15) is 11.4 Å². The smallest absolute Gasteiger partial charge is 0.269 e. The monoisotopic (exact) mass is 533 g/mol. The molecule has 8 rings (SSSR count). The molecule has 4 aromatic rings. The Morgan fingerprint density at radius 2 is 1.75 bits per heavy atom.